The quantitative estimate of drug-likeness (QED) is 0.897. The molecule has 1 aromatic carbocycles. The zero-order valence-electron chi connectivity index (χ0n) is 11.4. The molecular formula is C15H17FN2O2. The van der Waals surface area contributed by atoms with Gasteiger partial charge >= 0.3 is 0 Å². The lowest BCUT2D eigenvalue weighted by Gasteiger charge is -2.20. The minimum absolute atomic E-state index is 0.258. The van der Waals surface area contributed by atoms with Crippen LogP contribution in [0.4, 0.5) is 4.39 Å². The summed E-state index contributed by atoms with van der Waals surface area (Å²) in [5.74, 6) is -0.618. The van der Waals surface area contributed by atoms with Crippen LogP contribution in [0.25, 0.3) is 0 Å². The molecule has 5 heteroatoms. The van der Waals surface area contributed by atoms with Gasteiger partial charge in [-0.25, -0.2) is 4.39 Å². The van der Waals surface area contributed by atoms with Crippen LogP contribution in [0.3, 0.4) is 0 Å². The average molecular weight is 276 g/mol. The highest BCUT2D eigenvalue weighted by Crippen LogP contribution is 2.17. The van der Waals surface area contributed by atoms with Crippen LogP contribution in [0.2, 0.25) is 0 Å². The Hall–Kier alpha value is -2.14. The first-order valence-electron chi connectivity index (χ1n) is 6.35. The molecule has 0 spiro atoms. The van der Waals surface area contributed by atoms with Crippen LogP contribution >= 0.6 is 0 Å². The fourth-order valence-corrected chi connectivity index (χ4v) is 2.01. The Morgan fingerprint density at radius 1 is 1.30 bits per heavy atom. The van der Waals surface area contributed by atoms with Crippen molar-refractivity contribution in [2.45, 2.75) is 19.1 Å². The molecule has 0 fully saturated rings. The third-order valence-corrected chi connectivity index (χ3v) is 3.22. The van der Waals surface area contributed by atoms with E-state index in [0.29, 0.717) is 11.3 Å². The molecule has 106 valence electrons. The molecule has 0 aliphatic rings. The molecular weight excluding hydrogens is 259 g/mol. The number of benzene rings is 1. The Morgan fingerprint density at radius 3 is 2.50 bits per heavy atom. The van der Waals surface area contributed by atoms with Crippen molar-refractivity contribution in [3.63, 3.8) is 0 Å². The van der Waals surface area contributed by atoms with Crippen LogP contribution in [0, 0.1) is 5.82 Å². The molecule has 0 saturated carbocycles. The molecule has 0 bridgehead atoms. The number of nitrogens with zero attached hydrogens (tertiary/aromatic N) is 1. The number of aromatic nitrogens is 1. The molecule has 0 saturated heterocycles. The average Bonchev–Trinajstić information content (AvgIpc) is 2.85. The lowest BCUT2D eigenvalue weighted by Crippen LogP contribution is -2.37. The van der Waals surface area contributed by atoms with Crippen molar-refractivity contribution in [1.82, 2.24) is 9.88 Å². The molecule has 2 atom stereocenters. The van der Waals surface area contributed by atoms with Crippen molar-refractivity contribution in [1.29, 1.82) is 0 Å². The third kappa shape index (κ3) is 3.05. The largest absolute Gasteiger partial charge is 0.386 e. The molecule has 1 aromatic heterocycles. The monoisotopic (exact) mass is 276 g/mol. The highest BCUT2D eigenvalue weighted by Gasteiger charge is 2.20. The molecule has 2 N–H and O–H groups in total. The van der Waals surface area contributed by atoms with Gasteiger partial charge in [-0.1, -0.05) is 12.1 Å². The zero-order chi connectivity index (χ0) is 14.7. The highest BCUT2D eigenvalue weighted by molar-refractivity contribution is 5.92. The molecule has 1 heterocycles. The Morgan fingerprint density at radius 2 is 1.95 bits per heavy atom. The first-order valence-corrected chi connectivity index (χ1v) is 6.35. The van der Waals surface area contributed by atoms with E-state index >= 15 is 0 Å². The number of aryl methyl sites for hydroxylation is 1. The molecule has 2 aromatic rings. The van der Waals surface area contributed by atoms with Crippen molar-refractivity contribution >= 4 is 5.91 Å². The van der Waals surface area contributed by atoms with Crippen molar-refractivity contribution in [3.05, 3.63) is 59.7 Å². The Kier molecular flexibility index (Phi) is 4.20. The van der Waals surface area contributed by atoms with Crippen molar-refractivity contribution < 1.29 is 14.3 Å². The molecule has 1 amide bonds. The summed E-state index contributed by atoms with van der Waals surface area (Å²) in [6.07, 6.45) is 0.885. The van der Waals surface area contributed by atoms with Crippen LogP contribution in [-0.2, 0) is 7.05 Å². The molecule has 2 unspecified atom stereocenters. The number of aliphatic hydroxyl groups is 1. The number of carbonyl (C=O) groups excluding carboxylic acids is 1. The van der Waals surface area contributed by atoms with E-state index in [1.165, 1.54) is 24.3 Å². The zero-order valence-corrected chi connectivity index (χ0v) is 11.4. The topological polar surface area (TPSA) is 54.3 Å². The van der Waals surface area contributed by atoms with Crippen LogP contribution in [0.5, 0.6) is 0 Å². The van der Waals surface area contributed by atoms with Gasteiger partial charge in [-0.15, -0.1) is 0 Å². The van der Waals surface area contributed by atoms with E-state index < -0.39 is 12.1 Å². The van der Waals surface area contributed by atoms with Gasteiger partial charge in [-0.2, -0.15) is 0 Å². The van der Waals surface area contributed by atoms with E-state index in [-0.39, 0.29) is 11.7 Å². The summed E-state index contributed by atoms with van der Waals surface area (Å²) in [7, 11) is 1.77. The standard InChI is InChI=1S/C15H17FN2O2/c1-10(14(19)11-5-7-12(16)8-6-11)17-15(20)13-4-3-9-18(13)2/h3-10,14,19H,1-2H3,(H,17,20). The summed E-state index contributed by atoms with van der Waals surface area (Å²) in [4.78, 5) is 12.0. The summed E-state index contributed by atoms with van der Waals surface area (Å²) < 4.78 is 14.5. The third-order valence-electron chi connectivity index (χ3n) is 3.22. The minimum Gasteiger partial charge on any atom is -0.386 e. The summed E-state index contributed by atoms with van der Waals surface area (Å²) in [5, 5.41) is 12.9. The SMILES string of the molecule is CC(NC(=O)c1cccn1C)C(O)c1ccc(F)cc1. The van der Waals surface area contributed by atoms with Gasteiger partial charge in [0.15, 0.2) is 0 Å². The van der Waals surface area contributed by atoms with Gasteiger partial charge in [0.2, 0.25) is 0 Å². The van der Waals surface area contributed by atoms with Gasteiger partial charge < -0.3 is 15.0 Å². The second-order valence-electron chi connectivity index (χ2n) is 4.76. The van der Waals surface area contributed by atoms with Gasteiger partial charge in [-0.3, -0.25) is 4.79 Å². The van der Waals surface area contributed by atoms with Crippen molar-refractivity contribution in [3.8, 4) is 0 Å². The fourth-order valence-electron chi connectivity index (χ4n) is 2.01. The molecule has 0 aliphatic carbocycles. The molecule has 2 rings (SSSR count). The Bertz CT molecular complexity index is 592. The van der Waals surface area contributed by atoms with Crippen molar-refractivity contribution in [2.24, 2.45) is 7.05 Å². The van der Waals surface area contributed by atoms with E-state index in [2.05, 4.69) is 5.32 Å². The minimum atomic E-state index is -0.889. The predicted molar refractivity (Wildman–Crippen MR) is 73.7 cm³/mol. The number of halogens is 1. The maximum absolute atomic E-state index is 12.8. The lowest BCUT2D eigenvalue weighted by molar-refractivity contribution is 0.0844. The van der Waals surface area contributed by atoms with E-state index in [9.17, 15) is 14.3 Å². The summed E-state index contributed by atoms with van der Waals surface area (Å²) in [5.41, 5.74) is 1.08. The Labute approximate surface area is 116 Å². The van der Waals surface area contributed by atoms with Gasteiger partial charge in [0, 0.05) is 13.2 Å². The number of aliphatic hydroxyl groups excluding tert-OH is 1. The number of rotatable bonds is 4. The maximum atomic E-state index is 12.8. The predicted octanol–water partition coefficient (Wildman–Crippen LogP) is 2.02. The van der Waals surface area contributed by atoms with Crippen LogP contribution in [0.1, 0.15) is 29.1 Å². The summed E-state index contributed by atoms with van der Waals surface area (Å²) >= 11 is 0. The lowest BCUT2D eigenvalue weighted by atomic mass is 10.0. The van der Waals surface area contributed by atoms with Crippen LogP contribution < -0.4 is 5.32 Å². The van der Waals surface area contributed by atoms with E-state index in [4.69, 9.17) is 0 Å². The van der Waals surface area contributed by atoms with Gasteiger partial charge in [0.25, 0.3) is 5.91 Å². The van der Waals surface area contributed by atoms with Gasteiger partial charge in [0.05, 0.1) is 12.1 Å². The van der Waals surface area contributed by atoms with E-state index in [0.717, 1.165) is 0 Å². The highest BCUT2D eigenvalue weighted by atomic mass is 19.1. The smallest absolute Gasteiger partial charge is 0.268 e. The normalized spacial score (nSPS) is 13.8. The fraction of sp³-hybridized carbons (Fsp3) is 0.267. The van der Waals surface area contributed by atoms with Gasteiger partial charge in [0.1, 0.15) is 11.5 Å². The molecule has 20 heavy (non-hydrogen) atoms. The molecule has 0 radical (unpaired) electrons. The van der Waals surface area contributed by atoms with Crippen LogP contribution in [0.15, 0.2) is 42.6 Å². The second-order valence-corrected chi connectivity index (χ2v) is 4.76. The van der Waals surface area contributed by atoms with E-state index in [1.54, 1.807) is 36.9 Å². The summed E-state index contributed by atoms with van der Waals surface area (Å²) in [6, 6.07) is 8.57. The number of hydrogen-bond donors (Lipinski definition) is 2. The maximum Gasteiger partial charge on any atom is 0.268 e. The van der Waals surface area contributed by atoms with E-state index in [1.807, 2.05) is 0 Å². The number of amides is 1. The number of carbonyl (C=O) groups is 1. The Balaban J connectivity index is 2.04. The first kappa shape index (κ1) is 14.3. The number of hydrogen-bond acceptors (Lipinski definition) is 2. The molecule has 4 nitrogen and oxygen atoms in total. The summed E-state index contributed by atoms with van der Waals surface area (Å²) in [6.45, 7) is 1.70. The second kappa shape index (κ2) is 5.88. The first-order chi connectivity index (χ1) is 9.49. The number of nitrogens with one attached hydrogen (secondary N) is 1. The van der Waals surface area contributed by atoms with Gasteiger partial charge in [-0.05, 0) is 36.8 Å². The van der Waals surface area contributed by atoms with Crippen molar-refractivity contribution in [2.75, 3.05) is 0 Å². The van der Waals surface area contributed by atoms with Crippen LogP contribution in [-0.4, -0.2) is 21.6 Å². The molecule has 0 aliphatic heterocycles.